The fourth-order valence-corrected chi connectivity index (χ4v) is 2.59. The molecular formula is C20H28F3N3O2. The van der Waals surface area contributed by atoms with E-state index in [4.69, 9.17) is 0 Å². The second-order valence-electron chi connectivity index (χ2n) is 6.53. The van der Waals surface area contributed by atoms with Crippen molar-refractivity contribution in [3.63, 3.8) is 0 Å². The lowest BCUT2D eigenvalue weighted by atomic mass is 10.1. The highest BCUT2D eigenvalue weighted by atomic mass is 19.4. The van der Waals surface area contributed by atoms with Crippen molar-refractivity contribution in [2.45, 2.75) is 64.5 Å². The number of carbonyl (C=O) groups excluding carboxylic acids is 2. The summed E-state index contributed by atoms with van der Waals surface area (Å²) in [4.78, 5) is 23.3. The van der Waals surface area contributed by atoms with E-state index in [1.165, 1.54) is 43.9 Å². The summed E-state index contributed by atoms with van der Waals surface area (Å²) >= 11 is 0. The molecule has 8 heteroatoms. The Hall–Kier alpha value is -2.38. The van der Waals surface area contributed by atoms with Gasteiger partial charge in [-0.1, -0.05) is 63.6 Å². The Bertz CT molecular complexity index is 646. The number of hydrogen-bond acceptors (Lipinski definition) is 3. The molecule has 0 aliphatic rings. The Kier molecular flexibility index (Phi) is 10.9. The van der Waals surface area contributed by atoms with Gasteiger partial charge < -0.3 is 5.32 Å². The molecule has 0 unspecified atom stereocenters. The van der Waals surface area contributed by atoms with Crippen molar-refractivity contribution in [3.8, 4) is 0 Å². The molecule has 156 valence electrons. The molecule has 0 spiro atoms. The van der Waals surface area contributed by atoms with Crippen LogP contribution in [-0.4, -0.2) is 24.6 Å². The van der Waals surface area contributed by atoms with Gasteiger partial charge in [-0.3, -0.25) is 9.59 Å². The molecule has 0 aliphatic carbocycles. The minimum atomic E-state index is -4.50. The number of nitrogens with zero attached hydrogens (tertiary/aromatic N) is 1. The van der Waals surface area contributed by atoms with Crippen LogP contribution in [0.4, 0.5) is 13.2 Å². The molecule has 2 N–H and O–H groups in total. The highest BCUT2D eigenvalue weighted by Crippen LogP contribution is 2.30. The molecule has 0 fully saturated rings. The summed E-state index contributed by atoms with van der Waals surface area (Å²) in [6.07, 6.45) is 4.45. The molecule has 1 aromatic carbocycles. The fourth-order valence-electron chi connectivity index (χ4n) is 2.59. The predicted molar refractivity (Wildman–Crippen MR) is 103 cm³/mol. The summed E-state index contributed by atoms with van der Waals surface area (Å²) in [6, 6.07) is 4.91. The Labute approximate surface area is 163 Å². The first kappa shape index (κ1) is 23.7. The molecule has 0 aliphatic heterocycles. The van der Waals surface area contributed by atoms with Crippen LogP contribution in [0, 0.1) is 0 Å². The zero-order valence-corrected chi connectivity index (χ0v) is 16.1. The maximum Gasteiger partial charge on any atom is 0.417 e. The molecule has 0 heterocycles. The van der Waals surface area contributed by atoms with E-state index in [1.54, 1.807) is 0 Å². The summed E-state index contributed by atoms with van der Waals surface area (Å²) in [5.74, 6) is -0.830. The Morgan fingerprint density at radius 1 is 1.00 bits per heavy atom. The van der Waals surface area contributed by atoms with Gasteiger partial charge in [0.2, 0.25) is 5.91 Å². The van der Waals surface area contributed by atoms with Crippen molar-refractivity contribution in [1.29, 1.82) is 0 Å². The molecule has 1 rings (SSSR count). The highest BCUT2D eigenvalue weighted by Gasteiger charge is 2.32. The fraction of sp³-hybridized carbons (Fsp3) is 0.550. The van der Waals surface area contributed by atoms with E-state index in [1.807, 2.05) is 0 Å². The number of hydrogen-bond donors (Lipinski definition) is 2. The average molecular weight is 399 g/mol. The van der Waals surface area contributed by atoms with Gasteiger partial charge in [0.05, 0.1) is 18.3 Å². The van der Waals surface area contributed by atoms with Crippen molar-refractivity contribution >= 4 is 18.0 Å². The van der Waals surface area contributed by atoms with E-state index in [9.17, 15) is 22.8 Å². The first-order valence-corrected chi connectivity index (χ1v) is 9.59. The maximum atomic E-state index is 12.9. The molecule has 2 amide bonds. The molecule has 0 radical (unpaired) electrons. The van der Waals surface area contributed by atoms with Crippen molar-refractivity contribution < 1.29 is 22.8 Å². The lowest BCUT2D eigenvalue weighted by Crippen LogP contribution is -2.34. The summed E-state index contributed by atoms with van der Waals surface area (Å²) in [6.45, 7) is 1.89. The zero-order chi connectivity index (χ0) is 20.8. The first-order chi connectivity index (χ1) is 13.3. The molecule has 28 heavy (non-hydrogen) atoms. The third-order valence-electron chi connectivity index (χ3n) is 4.11. The standard InChI is InChI=1S/C20H28F3N3O2/c1-2-3-4-5-6-7-8-13-18(27)24-15-19(28)26-25-14-16-11-9-10-12-17(16)20(21,22)23/h9-12,14H,2-8,13,15H2,1H3,(H,24,27)(H,26,28)/b25-14+. The summed E-state index contributed by atoms with van der Waals surface area (Å²) in [7, 11) is 0. The van der Waals surface area contributed by atoms with Gasteiger partial charge in [0.25, 0.3) is 5.91 Å². The lowest BCUT2D eigenvalue weighted by molar-refractivity contribution is -0.137. The molecular weight excluding hydrogens is 371 g/mol. The average Bonchev–Trinajstić information content (AvgIpc) is 2.65. The van der Waals surface area contributed by atoms with Crippen molar-refractivity contribution in [3.05, 3.63) is 35.4 Å². The predicted octanol–water partition coefficient (Wildman–Crippen LogP) is 4.41. The minimum absolute atomic E-state index is 0.154. The summed E-state index contributed by atoms with van der Waals surface area (Å²) in [5.41, 5.74) is 1.12. The summed E-state index contributed by atoms with van der Waals surface area (Å²) < 4.78 is 38.6. The SMILES string of the molecule is CCCCCCCCCC(=O)NCC(=O)N/N=C/c1ccccc1C(F)(F)F. The molecule has 0 aromatic heterocycles. The highest BCUT2D eigenvalue weighted by molar-refractivity contribution is 5.86. The van der Waals surface area contributed by atoms with E-state index >= 15 is 0 Å². The minimum Gasteiger partial charge on any atom is -0.347 e. The van der Waals surface area contributed by atoms with E-state index < -0.39 is 17.6 Å². The lowest BCUT2D eigenvalue weighted by Gasteiger charge is -2.09. The van der Waals surface area contributed by atoms with Crippen LogP contribution in [0.2, 0.25) is 0 Å². The first-order valence-electron chi connectivity index (χ1n) is 9.59. The van der Waals surface area contributed by atoms with Gasteiger partial charge in [-0.2, -0.15) is 18.3 Å². The van der Waals surface area contributed by atoms with Gasteiger partial charge >= 0.3 is 6.18 Å². The number of halogens is 3. The number of amides is 2. The zero-order valence-electron chi connectivity index (χ0n) is 16.1. The van der Waals surface area contributed by atoms with Crippen LogP contribution in [0.5, 0.6) is 0 Å². The quantitative estimate of drug-likeness (QED) is 0.310. The number of carbonyl (C=O) groups is 2. The van der Waals surface area contributed by atoms with E-state index in [-0.39, 0.29) is 18.0 Å². The van der Waals surface area contributed by atoms with Crippen LogP contribution in [0.25, 0.3) is 0 Å². The topological polar surface area (TPSA) is 70.6 Å². The van der Waals surface area contributed by atoms with Gasteiger partial charge in [0, 0.05) is 12.0 Å². The molecule has 5 nitrogen and oxygen atoms in total. The van der Waals surface area contributed by atoms with Crippen molar-refractivity contribution in [2.75, 3.05) is 6.54 Å². The number of nitrogens with one attached hydrogen (secondary N) is 2. The summed E-state index contributed by atoms with van der Waals surface area (Å²) in [5, 5.41) is 6.00. The monoisotopic (exact) mass is 399 g/mol. The van der Waals surface area contributed by atoms with Gasteiger partial charge in [-0.25, -0.2) is 5.43 Å². The van der Waals surface area contributed by atoms with Crippen LogP contribution in [-0.2, 0) is 15.8 Å². The van der Waals surface area contributed by atoms with E-state index in [0.717, 1.165) is 31.5 Å². The number of alkyl halides is 3. The van der Waals surface area contributed by atoms with E-state index in [0.29, 0.717) is 6.42 Å². The molecule has 0 saturated heterocycles. The number of unbranched alkanes of at least 4 members (excludes halogenated alkanes) is 6. The molecule has 0 atom stereocenters. The van der Waals surface area contributed by atoms with Gasteiger partial charge in [0.15, 0.2) is 0 Å². The second-order valence-corrected chi connectivity index (χ2v) is 6.53. The van der Waals surface area contributed by atoms with Crippen molar-refractivity contribution in [1.82, 2.24) is 10.7 Å². The van der Waals surface area contributed by atoms with Gasteiger partial charge in [-0.15, -0.1) is 0 Å². The number of hydrazone groups is 1. The normalized spacial score (nSPS) is 11.6. The number of benzene rings is 1. The molecule has 1 aromatic rings. The van der Waals surface area contributed by atoms with Crippen LogP contribution in [0.3, 0.4) is 0 Å². The van der Waals surface area contributed by atoms with Crippen molar-refractivity contribution in [2.24, 2.45) is 5.10 Å². The smallest absolute Gasteiger partial charge is 0.347 e. The van der Waals surface area contributed by atoms with Crippen LogP contribution in [0.1, 0.15) is 69.4 Å². The van der Waals surface area contributed by atoms with Crippen LogP contribution >= 0.6 is 0 Å². The largest absolute Gasteiger partial charge is 0.417 e. The molecule has 0 bridgehead atoms. The number of rotatable bonds is 12. The third-order valence-corrected chi connectivity index (χ3v) is 4.11. The Morgan fingerprint density at radius 2 is 1.64 bits per heavy atom. The van der Waals surface area contributed by atoms with Gasteiger partial charge in [0.1, 0.15) is 0 Å². The van der Waals surface area contributed by atoms with Crippen LogP contribution in [0.15, 0.2) is 29.4 Å². The Balaban J connectivity index is 2.25. The second kappa shape index (κ2) is 12.9. The van der Waals surface area contributed by atoms with Crippen LogP contribution < -0.4 is 10.7 Å². The van der Waals surface area contributed by atoms with Gasteiger partial charge in [-0.05, 0) is 12.5 Å². The maximum absolute atomic E-state index is 12.9. The third kappa shape index (κ3) is 10.1. The van der Waals surface area contributed by atoms with E-state index in [2.05, 4.69) is 22.8 Å². The Morgan fingerprint density at radius 3 is 2.32 bits per heavy atom. The molecule has 0 saturated carbocycles.